The Morgan fingerprint density at radius 2 is 1.74 bits per heavy atom. The van der Waals surface area contributed by atoms with E-state index in [4.69, 9.17) is 11.0 Å². The van der Waals surface area contributed by atoms with E-state index < -0.39 is 0 Å². The standard InChI is InChI=1S/C32H41N5O2/c1-2-35-17-18-36(14-6-5-8-25-7-3-4-9-27(25)23-34)31(39)28-11-10-26(19-29(28)35)30(38)37-15-12-32(13-16-37)20-24(21-32)22-33/h3-4,7,9-11,19,24H,2,5-6,8,12-18,20-21,23,34H2,1H3. The zero-order valence-corrected chi connectivity index (χ0v) is 23.2. The Morgan fingerprint density at radius 3 is 2.44 bits per heavy atom. The highest BCUT2D eigenvalue weighted by Gasteiger charge is 2.46. The van der Waals surface area contributed by atoms with Crippen molar-refractivity contribution in [3.05, 3.63) is 64.7 Å². The van der Waals surface area contributed by atoms with Crippen molar-refractivity contribution in [3.63, 3.8) is 0 Å². The fourth-order valence-electron chi connectivity index (χ4n) is 6.75. The van der Waals surface area contributed by atoms with Crippen LogP contribution in [0, 0.1) is 22.7 Å². The highest BCUT2D eigenvalue weighted by Crippen LogP contribution is 2.52. The van der Waals surface area contributed by atoms with E-state index in [0.717, 1.165) is 83.4 Å². The van der Waals surface area contributed by atoms with Gasteiger partial charge in [0.05, 0.1) is 17.3 Å². The van der Waals surface area contributed by atoms with Crippen LogP contribution in [0.5, 0.6) is 0 Å². The zero-order chi connectivity index (χ0) is 27.4. The molecule has 2 aliphatic heterocycles. The Bertz CT molecular complexity index is 1240. The summed E-state index contributed by atoms with van der Waals surface area (Å²) in [6.07, 6.45) is 6.84. The number of hydrogen-bond donors (Lipinski definition) is 1. The largest absolute Gasteiger partial charge is 0.369 e. The normalized spacial score (nSPS) is 18.9. The fraction of sp³-hybridized carbons (Fsp3) is 0.531. The second-order valence-corrected chi connectivity index (χ2v) is 11.6. The van der Waals surface area contributed by atoms with Gasteiger partial charge in [0, 0.05) is 57.3 Å². The molecule has 2 aromatic rings. The lowest BCUT2D eigenvalue weighted by atomic mass is 9.58. The van der Waals surface area contributed by atoms with Gasteiger partial charge in [0.15, 0.2) is 0 Å². The van der Waals surface area contributed by atoms with E-state index in [0.29, 0.717) is 24.2 Å². The van der Waals surface area contributed by atoms with Gasteiger partial charge in [0.2, 0.25) is 0 Å². The molecule has 3 aliphatic rings. The lowest BCUT2D eigenvalue weighted by Crippen LogP contribution is -2.48. The predicted molar refractivity (Wildman–Crippen MR) is 153 cm³/mol. The molecule has 7 heteroatoms. The van der Waals surface area contributed by atoms with Crippen molar-refractivity contribution >= 4 is 17.5 Å². The maximum atomic E-state index is 13.6. The molecule has 0 atom stereocenters. The van der Waals surface area contributed by atoms with E-state index in [-0.39, 0.29) is 23.1 Å². The number of unbranched alkanes of at least 4 members (excludes halogenated alkanes) is 1. The molecule has 2 fully saturated rings. The Hall–Kier alpha value is -3.37. The molecule has 0 radical (unpaired) electrons. The first kappa shape index (κ1) is 27.2. The maximum Gasteiger partial charge on any atom is 0.256 e. The van der Waals surface area contributed by atoms with Gasteiger partial charge in [0.25, 0.3) is 11.8 Å². The quantitative estimate of drug-likeness (QED) is 0.506. The molecule has 0 unspecified atom stereocenters. The number of aryl methyl sites for hydroxylation is 1. The van der Waals surface area contributed by atoms with Crippen molar-refractivity contribution in [2.45, 2.75) is 58.4 Å². The monoisotopic (exact) mass is 527 g/mol. The summed E-state index contributed by atoms with van der Waals surface area (Å²) in [6.45, 7) is 7.09. The number of fused-ring (bicyclic) bond motifs is 1. The number of nitriles is 1. The van der Waals surface area contributed by atoms with Crippen LogP contribution in [0.3, 0.4) is 0 Å². The summed E-state index contributed by atoms with van der Waals surface area (Å²) in [5.74, 6) is 0.298. The van der Waals surface area contributed by atoms with Crippen molar-refractivity contribution in [2.24, 2.45) is 17.1 Å². The van der Waals surface area contributed by atoms with Crippen LogP contribution in [0.4, 0.5) is 5.69 Å². The molecule has 0 bridgehead atoms. The highest BCUT2D eigenvalue weighted by atomic mass is 16.2. The number of nitrogens with two attached hydrogens (primary N) is 1. The maximum absolute atomic E-state index is 13.6. The van der Waals surface area contributed by atoms with E-state index in [1.807, 2.05) is 34.1 Å². The third kappa shape index (κ3) is 5.67. The van der Waals surface area contributed by atoms with E-state index >= 15 is 0 Å². The number of benzene rings is 2. The number of hydrogen-bond acceptors (Lipinski definition) is 5. The number of carbonyl (C=O) groups excluding carboxylic acids is 2. The zero-order valence-electron chi connectivity index (χ0n) is 23.2. The lowest BCUT2D eigenvalue weighted by Gasteiger charge is -2.50. The molecule has 7 nitrogen and oxygen atoms in total. The molecule has 39 heavy (non-hydrogen) atoms. The molecule has 2 aromatic carbocycles. The van der Waals surface area contributed by atoms with Crippen molar-refractivity contribution in [2.75, 3.05) is 44.2 Å². The molecule has 1 saturated heterocycles. The average molecular weight is 528 g/mol. The number of likely N-dealkylation sites (tertiary alicyclic amines) is 1. The number of rotatable bonds is 8. The van der Waals surface area contributed by atoms with Gasteiger partial charge < -0.3 is 20.4 Å². The summed E-state index contributed by atoms with van der Waals surface area (Å²) in [7, 11) is 0. The molecule has 2 amide bonds. The van der Waals surface area contributed by atoms with E-state index in [2.05, 4.69) is 36.1 Å². The third-order valence-corrected chi connectivity index (χ3v) is 9.24. The molecular weight excluding hydrogens is 486 g/mol. The summed E-state index contributed by atoms with van der Waals surface area (Å²) in [4.78, 5) is 33.2. The number of likely N-dealkylation sites (N-methyl/N-ethyl adjacent to an activating group) is 1. The molecule has 0 aromatic heterocycles. The number of piperidine rings is 1. The van der Waals surface area contributed by atoms with Gasteiger partial charge in [-0.05, 0) is 86.6 Å². The summed E-state index contributed by atoms with van der Waals surface area (Å²) < 4.78 is 0. The van der Waals surface area contributed by atoms with Crippen LogP contribution in [0.1, 0.15) is 77.3 Å². The summed E-state index contributed by atoms with van der Waals surface area (Å²) in [6, 6.07) is 16.3. The average Bonchev–Trinajstić information content (AvgIpc) is 3.09. The minimum atomic E-state index is 0.0474. The Labute approximate surface area is 232 Å². The van der Waals surface area contributed by atoms with Gasteiger partial charge in [0.1, 0.15) is 0 Å². The molecule has 2 N–H and O–H groups in total. The molecular formula is C32H41N5O2. The highest BCUT2D eigenvalue weighted by molar-refractivity contribution is 6.03. The Balaban J connectivity index is 1.22. The smallest absolute Gasteiger partial charge is 0.256 e. The van der Waals surface area contributed by atoms with Gasteiger partial charge in [-0.25, -0.2) is 0 Å². The predicted octanol–water partition coefficient (Wildman–Crippen LogP) is 4.61. The first-order chi connectivity index (χ1) is 19.0. The summed E-state index contributed by atoms with van der Waals surface area (Å²) >= 11 is 0. The van der Waals surface area contributed by atoms with Gasteiger partial charge in [-0.15, -0.1) is 0 Å². The number of amides is 2. The van der Waals surface area contributed by atoms with Crippen molar-refractivity contribution < 1.29 is 9.59 Å². The SMILES string of the molecule is CCN1CCN(CCCCc2ccccc2CN)C(=O)c2ccc(C(=O)N3CCC4(CC3)CC(C#N)C4)cc21. The van der Waals surface area contributed by atoms with Gasteiger partial charge in [-0.2, -0.15) is 5.26 Å². The molecule has 206 valence electrons. The Morgan fingerprint density at radius 1 is 1.03 bits per heavy atom. The molecule has 1 spiro atoms. The first-order valence-corrected chi connectivity index (χ1v) is 14.6. The van der Waals surface area contributed by atoms with Crippen LogP contribution < -0.4 is 10.6 Å². The fourth-order valence-corrected chi connectivity index (χ4v) is 6.75. The molecule has 5 rings (SSSR count). The summed E-state index contributed by atoms with van der Waals surface area (Å²) in [5, 5.41) is 9.15. The van der Waals surface area contributed by atoms with Crippen LogP contribution in [0.2, 0.25) is 0 Å². The second kappa shape index (κ2) is 11.8. The van der Waals surface area contributed by atoms with Crippen molar-refractivity contribution in [1.82, 2.24) is 9.80 Å². The van der Waals surface area contributed by atoms with E-state index in [1.165, 1.54) is 11.1 Å². The minimum absolute atomic E-state index is 0.0474. The number of carbonyl (C=O) groups is 2. The van der Waals surface area contributed by atoms with Crippen LogP contribution >= 0.6 is 0 Å². The molecule has 2 heterocycles. The van der Waals surface area contributed by atoms with Crippen LogP contribution in [-0.4, -0.2) is 60.9 Å². The van der Waals surface area contributed by atoms with Gasteiger partial charge >= 0.3 is 0 Å². The first-order valence-electron chi connectivity index (χ1n) is 14.6. The summed E-state index contributed by atoms with van der Waals surface area (Å²) in [5.41, 5.74) is 10.9. The minimum Gasteiger partial charge on any atom is -0.369 e. The third-order valence-electron chi connectivity index (χ3n) is 9.24. The number of anilines is 1. The second-order valence-electron chi connectivity index (χ2n) is 11.6. The van der Waals surface area contributed by atoms with Crippen LogP contribution in [-0.2, 0) is 13.0 Å². The van der Waals surface area contributed by atoms with Gasteiger partial charge in [-0.3, -0.25) is 9.59 Å². The Kier molecular flexibility index (Phi) is 8.23. The van der Waals surface area contributed by atoms with E-state index in [9.17, 15) is 9.59 Å². The van der Waals surface area contributed by atoms with Crippen molar-refractivity contribution in [1.29, 1.82) is 5.26 Å². The topological polar surface area (TPSA) is 93.7 Å². The van der Waals surface area contributed by atoms with Crippen molar-refractivity contribution in [3.8, 4) is 6.07 Å². The molecule has 1 saturated carbocycles. The lowest BCUT2D eigenvalue weighted by molar-refractivity contribution is 0.00874. The van der Waals surface area contributed by atoms with Gasteiger partial charge in [-0.1, -0.05) is 24.3 Å². The van der Waals surface area contributed by atoms with Crippen LogP contribution in [0.25, 0.3) is 0 Å². The number of nitrogens with zero attached hydrogens (tertiary/aromatic N) is 4. The van der Waals surface area contributed by atoms with Crippen LogP contribution in [0.15, 0.2) is 42.5 Å². The van der Waals surface area contributed by atoms with E-state index in [1.54, 1.807) is 0 Å². The molecule has 1 aliphatic carbocycles.